The van der Waals surface area contributed by atoms with Crippen molar-refractivity contribution in [3.8, 4) is 11.5 Å². The Balaban J connectivity index is 1.63. The zero-order chi connectivity index (χ0) is 27.2. The first-order valence-corrected chi connectivity index (χ1v) is 12.8. The van der Waals surface area contributed by atoms with Crippen molar-refractivity contribution in [2.75, 3.05) is 11.5 Å². The molecule has 1 fully saturated rings. The lowest BCUT2D eigenvalue weighted by atomic mass is 10.0. The molecule has 0 aromatic heterocycles. The van der Waals surface area contributed by atoms with Crippen molar-refractivity contribution in [1.29, 1.82) is 0 Å². The number of anilines is 1. The smallest absolute Gasteiger partial charge is 0.298 e. The summed E-state index contributed by atoms with van der Waals surface area (Å²) in [6.45, 7) is 6.21. The van der Waals surface area contributed by atoms with Crippen LogP contribution in [0.15, 0.2) is 78.2 Å². The fraction of sp³-hybridized carbons (Fsp3) is 0.143. The van der Waals surface area contributed by atoms with E-state index in [4.69, 9.17) is 21.1 Å². The number of halogens is 1. The summed E-state index contributed by atoms with van der Waals surface area (Å²) in [5.74, 6) is 0.553. The first-order valence-electron chi connectivity index (χ1n) is 11.6. The van der Waals surface area contributed by atoms with Gasteiger partial charge in [0.2, 0.25) is 0 Å². The van der Waals surface area contributed by atoms with Gasteiger partial charge in [0.25, 0.3) is 16.8 Å². The van der Waals surface area contributed by atoms with Crippen LogP contribution >= 0.6 is 23.4 Å². The third-order valence-electron chi connectivity index (χ3n) is 5.52. The molecule has 0 spiro atoms. The Labute approximate surface area is 228 Å². The molecular formula is C28H23ClN2O6S. The lowest BCUT2D eigenvalue weighted by Gasteiger charge is -2.17. The van der Waals surface area contributed by atoms with Gasteiger partial charge in [-0.25, -0.2) is 4.90 Å². The van der Waals surface area contributed by atoms with Gasteiger partial charge in [-0.1, -0.05) is 17.7 Å². The second-order valence-electron chi connectivity index (χ2n) is 8.14. The number of nitrogens with zero attached hydrogens (tertiary/aromatic N) is 2. The van der Waals surface area contributed by atoms with Gasteiger partial charge in [-0.15, -0.1) is 6.58 Å². The number of allylic oxidation sites excluding steroid dienone is 1. The molecule has 0 bridgehead atoms. The summed E-state index contributed by atoms with van der Waals surface area (Å²) in [4.78, 5) is 37.6. The van der Waals surface area contributed by atoms with Crippen molar-refractivity contribution < 1.29 is 24.0 Å². The minimum absolute atomic E-state index is 0.000862. The van der Waals surface area contributed by atoms with Gasteiger partial charge in [0, 0.05) is 22.7 Å². The van der Waals surface area contributed by atoms with Crippen molar-refractivity contribution in [3.63, 3.8) is 0 Å². The van der Waals surface area contributed by atoms with Crippen molar-refractivity contribution in [1.82, 2.24) is 0 Å². The maximum Gasteiger partial charge on any atom is 0.298 e. The third kappa shape index (κ3) is 6.07. The van der Waals surface area contributed by atoms with Gasteiger partial charge in [0.05, 0.1) is 22.1 Å². The quantitative estimate of drug-likeness (QED) is 0.114. The molecule has 1 heterocycles. The Bertz CT molecular complexity index is 1420. The Hall–Kier alpha value is -4.08. The molecule has 3 aromatic rings. The monoisotopic (exact) mass is 550 g/mol. The molecule has 0 saturated carbocycles. The number of non-ortho nitro benzene ring substituents is 1. The number of imide groups is 1. The van der Waals surface area contributed by atoms with Gasteiger partial charge < -0.3 is 9.47 Å². The van der Waals surface area contributed by atoms with E-state index in [1.807, 2.05) is 13.0 Å². The number of nitro groups is 1. The zero-order valence-electron chi connectivity index (χ0n) is 20.4. The zero-order valence-corrected chi connectivity index (χ0v) is 22.0. The fourth-order valence-corrected chi connectivity index (χ4v) is 4.77. The van der Waals surface area contributed by atoms with E-state index >= 15 is 0 Å². The van der Waals surface area contributed by atoms with Gasteiger partial charge in [-0.3, -0.25) is 19.7 Å². The Morgan fingerprint density at radius 3 is 2.42 bits per heavy atom. The van der Waals surface area contributed by atoms with E-state index in [1.165, 1.54) is 12.1 Å². The normalized spacial score (nSPS) is 14.2. The summed E-state index contributed by atoms with van der Waals surface area (Å²) in [5.41, 5.74) is 2.63. The summed E-state index contributed by atoms with van der Waals surface area (Å²) in [5, 5.41) is 11.0. The molecule has 8 nitrogen and oxygen atoms in total. The van der Waals surface area contributed by atoms with Crippen LogP contribution in [0, 0.1) is 10.1 Å². The molecule has 1 aliphatic rings. The Morgan fingerprint density at radius 1 is 1.08 bits per heavy atom. The topological polar surface area (TPSA) is 99.0 Å². The van der Waals surface area contributed by atoms with Gasteiger partial charge in [0.1, 0.15) is 6.61 Å². The molecule has 10 heteroatoms. The van der Waals surface area contributed by atoms with Gasteiger partial charge in [-0.05, 0) is 90.8 Å². The number of hydrogen-bond donors (Lipinski definition) is 0. The van der Waals surface area contributed by atoms with Crippen molar-refractivity contribution in [2.24, 2.45) is 0 Å². The highest BCUT2D eigenvalue weighted by atomic mass is 35.5. The molecule has 0 radical (unpaired) electrons. The summed E-state index contributed by atoms with van der Waals surface area (Å²) in [7, 11) is 0. The number of carbonyl (C=O) groups is 2. The standard InChI is InChI=1S/C28H23ClN2O6S/c1-3-5-20-14-19(16-25-27(32)30(28(33)38-25)22-12-8-21(29)9-13-22)15-24(36-4-2)26(20)37-17-18-6-10-23(11-7-18)31(34)35/h3,6-16H,1,4-5,17H2,2H3/b25-16+. The van der Waals surface area contributed by atoms with Crippen LogP contribution in [0.4, 0.5) is 16.2 Å². The maximum atomic E-state index is 13.1. The number of carbonyl (C=O) groups excluding carboxylic acids is 2. The number of thioether (sulfide) groups is 1. The van der Waals surface area contributed by atoms with Crippen LogP contribution in [0.5, 0.6) is 11.5 Å². The first-order chi connectivity index (χ1) is 18.3. The van der Waals surface area contributed by atoms with Crippen molar-refractivity contribution in [2.45, 2.75) is 20.0 Å². The van der Waals surface area contributed by atoms with Crippen molar-refractivity contribution >= 4 is 52.0 Å². The summed E-state index contributed by atoms with van der Waals surface area (Å²) >= 11 is 6.79. The lowest BCUT2D eigenvalue weighted by molar-refractivity contribution is -0.384. The average Bonchev–Trinajstić information content (AvgIpc) is 3.17. The average molecular weight is 551 g/mol. The lowest BCUT2D eigenvalue weighted by Crippen LogP contribution is -2.27. The first kappa shape index (κ1) is 27.0. The van der Waals surface area contributed by atoms with Crippen LogP contribution in [-0.2, 0) is 17.8 Å². The maximum absolute atomic E-state index is 13.1. The van der Waals surface area contributed by atoms with Crippen molar-refractivity contribution in [3.05, 3.63) is 110 Å². The molecule has 194 valence electrons. The molecule has 1 saturated heterocycles. The van der Waals surface area contributed by atoms with Gasteiger partial charge in [-0.2, -0.15) is 0 Å². The molecule has 38 heavy (non-hydrogen) atoms. The Morgan fingerprint density at radius 2 is 1.79 bits per heavy atom. The Kier molecular flexibility index (Phi) is 8.50. The van der Waals surface area contributed by atoms with Crippen LogP contribution in [0.3, 0.4) is 0 Å². The molecule has 0 N–H and O–H groups in total. The number of hydrogen-bond acceptors (Lipinski definition) is 7. The van der Waals surface area contributed by atoms with E-state index in [0.717, 1.165) is 27.8 Å². The van der Waals surface area contributed by atoms with E-state index in [0.29, 0.717) is 40.8 Å². The highest BCUT2D eigenvalue weighted by molar-refractivity contribution is 8.19. The number of amides is 2. The summed E-state index contributed by atoms with van der Waals surface area (Å²) in [6, 6.07) is 16.2. The van der Waals surface area contributed by atoms with E-state index in [-0.39, 0.29) is 17.2 Å². The summed E-state index contributed by atoms with van der Waals surface area (Å²) < 4.78 is 12.0. The van der Waals surface area contributed by atoms with Crippen LogP contribution in [-0.4, -0.2) is 22.7 Å². The van der Waals surface area contributed by atoms with Gasteiger partial charge in [0.15, 0.2) is 11.5 Å². The number of ether oxygens (including phenoxy) is 2. The second-order valence-corrected chi connectivity index (χ2v) is 9.57. The van der Waals surface area contributed by atoms with Crippen LogP contribution < -0.4 is 14.4 Å². The van der Waals surface area contributed by atoms with E-state index in [1.54, 1.807) is 54.6 Å². The number of rotatable bonds is 10. The fourth-order valence-electron chi connectivity index (χ4n) is 3.80. The van der Waals surface area contributed by atoms with E-state index < -0.39 is 16.1 Å². The third-order valence-corrected chi connectivity index (χ3v) is 6.65. The number of benzene rings is 3. The molecule has 0 unspecified atom stereocenters. The number of nitro benzene ring substituents is 1. The molecule has 1 aliphatic heterocycles. The minimum Gasteiger partial charge on any atom is -0.490 e. The van der Waals surface area contributed by atoms with E-state index in [2.05, 4.69) is 6.58 Å². The van der Waals surface area contributed by atoms with E-state index in [9.17, 15) is 19.7 Å². The van der Waals surface area contributed by atoms with Crippen LogP contribution in [0.1, 0.15) is 23.6 Å². The predicted octanol–water partition coefficient (Wildman–Crippen LogP) is 7.20. The predicted molar refractivity (Wildman–Crippen MR) is 149 cm³/mol. The molecule has 0 aliphatic carbocycles. The van der Waals surface area contributed by atoms with Crippen LogP contribution in [0.25, 0.3) is 6.08 Å². The highest BCUT2D eigenvalue weighted by Gasteiger charge is 2.36. The van der Waals surface area contributed by atoms with Crippen LogP contribution in [0.2, 0.25) is 5.02 Å². The SMILES string of the molecule is C=CCc1cc(/C=C2/SC(=O)N(c3ccc(Cl)cc3)C2=O)cc(OCC)c1OCc1ccc([N+](=O)[O-])cc1. The molecule has 3 aromatic carbocycles. The minimum atomic E-state index is -0.455. The highest BCUT2D eigenvalue weighted by Crippen LogP contribution is 2.39. The van der Waals surface area contributed by atoms with Gasteiger partial charge >= 0.3 is 0 Å². The molecule has 0 atom stereocenters. The molecule has 4 rings (SSSR count). The molecular weight excluding hydrogens is 528 g/mol. The largest absolute Gasteiger partial charge is 0.490 e. The summed E-state index contributed by atoms with van der Waals surface area (Å²) in [6.07, 6.45) is 3.83. The molecule has 2 amide bonds. The second kappa shape index (κ2) is 12.0.